The Balaban J connectivity index is 1.63. The van der Waals surface area contributed by atoms with E-state index in [9.17, 15) is 37.5 Å². The van der Waals surface area contributed by atoms with Crippen molar-refractivity contribution in [2.45, 2.75) is 32.4 Å². The monoisotopic (exact) mass is 560 g/mol. The highest BCUT2D eigenvalue weighted by Gasteiger charge is 2.30. The largest absolute Gasteiger partial charge is 0.483 e. The topological polar surface area (TPSA) is 131 Å². The molecule has 0 aliphatic heterocycles. The predicted molar refractivity (Wildman–Crippen MR) is 137 cm³/mol. The fourth-order valence-corrected chi connectivity index (χ4v) is 3.77. The first-order chi connectivity index (χ1) is 19.0. The average Bonchev–Trinajstić information content (AvgIpc) is 2.92. The zero-order chi connectivity index (χ0) is 29.4. The molecule has 40 heavy (non-hydrogen) atoms. The van der Waals surface area contributed by atoms with Gasteiger partial charge in [0.05, 0.1) is 6.42 Å². The van der Waals surface area contributed by atoms with Crippen LogP contribution in [0.15, 0.2) is 54.6 Å². The Morgan fingerprint density at radius 3 is 2.20 bits per heavy atom. The molecule has 0 heterocycles. The molecule has 0 bridgehead atoms. The predicted octanol–water partition coefficient (Wildman–Crippen LogP) is 3.38. The SMILES string of the molecule is CC(C)[C@H](NC(=O)COc1cccc2ccccc12)C(=O)N[C@@H](CC(=O)O)C(=O)COc1ccc(F)c(F)c1F. The van der Waals surface area contributed by atoms with Crippen LogP contribution in [0, 0.1) is 23.4 Å². The van der Waals surface area contributed by atoms with Crippen molar-refractivity contribution in [3.05, 3.63) is 72.0 Å². The van der Waals surface area contributed by atoms with Crippen LogP contribution in [0.3, 0.4) is 0 Å². The molecule has 3 aromatic rings. The molecule has 0 spiro atoms. The molecule has 3 N–H and O–H groups in total. The number of aliphatic carboxylic acids is 1. The second-order valence-electron chi connectivity index (χ2n) is 9.14. The number of carboxylic acid groups (broad SMARTS) is 1. The fourth-order valence-electron chi connectivity index (χ4n) is 3.77. The minimum atomic E-state index is -1.81. The number of halogens is 3. The lowest BCUT2D eigenvalue weighted by Crippen LogP contribution is -2.55. The van der Waals surface area contributed by atoms with E-state index in [0.717, 1.165) is 16.8 Å². The normalized spacial score (nSPS) is 12.4. The lowest BCUT2D eigenvalue weighted by Gasteiger charge is -2.24. The van der Waals surface area contributed by atoms with Gasteiger partial charge in [0, 0.05) is 5.39 Å². The Bertz CT molecular complexity index is 1410. The Morgan fingerprint density at radius 1 is 0.825 bits per heavy atom. The number of benzene rings is 3. The lowest BCUT2D eigenvalue weighted by molar-refractivity contribution is -0.141. The number of rotatable bonds is 13. The highest BCUT2D eigenvalue weighted by atomic mass is 19.2. The van der Waals surface area contributed by atoms with E-state index in [4.69, 9.17) is 9.47 Å². The van der Waals surface area contributed by atoms with Gasteiger partial charge in [0.15, 0.2) is 29.8 Å². The summed E-state index contributed by atoms with van der Waals surface area (Å²) in [5.74, 6) is -9.63. The highest BCUT2D eigenvalue weighted by molar-refractivity contribution is 5.95. The quantitative estimate of drug-likeness (QED) is 0.273. The summed E-state index contributed by atoms with van der Waals surface area (Å²) in [7, 11) is 0. The molecule has 0 aromatic heterocycles. The standard InChI is InChI=1S/C28H27F3N2O7/c1-15(2)27(33-23(35)14-40-21-9-5-7-16-6-3-4-8-17(16)21)28(38)32-19(12-24(36)37)20(34)13-39-22-11-10-18(29)25(30)26(22)31/h3-11,15,19,27H,12-14H2,1-2H3,(H,32,38)(H,33,35)(H,36,37)/t19-,27-/m0/s1. The molecule has 0 aliphatic rings. The first-order valence-electron chi connectivity index (χ1n) is 12.2. The number of fused-ring (bicyclic) bond motifs is 1. The zero-order valence-electron chi connectivity index (χ0n) is 21.6. The van der Waals surface area contributed by atoms with Crippen LogP contribution in [0.4, 0.5) is 13.2 Å². The van der Waals surface area contributed by atoms with Crippen molar-refractivity contribution < 1.29 is 46.9 Å². The summed E-state index contributed by atoms with van der Waals surface area (Å²) in [5, 5.41) is 15.7. The first kappa shape index (κ1) is 29.9. The van der Waals surface area contributed by atoms with Crippen LogP contribution in [-0.4, -0.2) is 54.0 Å². The van der Waals surface area contributed by atoms with E-state index in [2.05, 4.69) is 10.6 Å². The number of ketones is 1. The van der Waals surface area contributed by atoms with Gasteiger partial charge in [-0.15, -0.1) is 0 Å². The van der Waals surface area contributed by atoms with E-state index in [-0.39, 0.29) is 0 Å². The van der Waals surface area contributed by atoms with Gasteiger partial charge < -0.3 is 25.2 Å². The summed E-state index contributed by atoms with van der Waals surface area (Å²) in [6.07, 6.45) is -0.850. The lowest BCUT2D eigenvalue weighted by atomic mass is 10.0. The zero-order valence-corrected chi connectivity index (χ0v) is 21.6. The molecule has 0 unspecified atom stereocenters. The van der Waals surface area contributed by atoms with Crippen molar-refractivity contribution in [1.82, 2.24) is 10.6 Å². The van der Waals surface area contributed by atoms with Crippen LogP contribution < -0.4 is 20.1 Å². The maximum absolute atomic E-state index is 13.8. The molecule has 12 heteroatoms. The third-order valence-electron chi connectivity index (χ3n) is 5.83. The number of carbonyl (C=O) groups is 4. The Kier molecular flexibility index (Phi) is 10.1. The molecule has 0 aliphatic carbocycles. The number of amides is 2. The van der Waals surface area contributed by atoms with Gasteiger partial charge >= 0.3 is 5.97 Å². The summed E-state index contributed by atoms with van der Waals surface area (Å²) in [6.45, 7) is 1.88. The first-order valence-corrected chi connectivity index (χ1v) is 12.2. The molecule has 2 amide bonds. The van der Waals surface area contributed by atoms with Crippen LogP contribution in [0.25, 0.3) is 10.8 Å². The highest BCUT2D eigenvalue weighted by Crippen LogP contribution is 2.25. The van der Waals surface area contributed by atoms with Gasteiger partial charge in [0.1, 0.15) is 24.4 Å². The van der Waals surface area contributed by atoms with Crippen molar-refractivity contribution in [2.75, 3.05) is 13.2 Å². The molecular weight excluding hydrogens is 533 g/mol. The minimum absolute atomic E-state index is 0.421. The van der Waals surface area contributed by atoms with E-state index in [0.29, 0.717) is 11.8 Å². The van der Waals surface area contributed by atoms with Gasteiger partial charge in [-0.3, -0.25) is 19.2 Å². The molecule has 0 radical (unpaired) electrons. The van der Waals surface area contributed by atoms with Gasteiger partial charge in [-0.1, -0.05) is 50.2 Å². The number of carbonyl (C=O) groups excluding carboxylic acids is 3. The van der Waals surface area contributed by atoms with Crippen molar-refractivity contribution in [3.63, 3.8) is 0 Å². The van der Waals surface area contributed by atoms with Gasteiger partial charge in [-0.25, -0.2) is 8.78 Å². The Morgan fingerprint density at radius 2 is 1.50 bits per heavy atom. The van der Waals surface area contributed by atoms with Crippen LogP contribution in [0.2, 0.25) is 0 Å². The summed E-state index contributed by atoms with van der Waals surface area (Å²) >= 11 is 0. The Hall–Kier alpha value is -4.61. The molecule has 0 saturated carbocycles. The van der Waals surface area contributed by atoms with Crippen LogP contribution in [0.5, 0.6) is 11.5 Å². The van der Waals surface area contributed by atoms with E-state index in [1.165, 1.54) is 0 Å². The van der Waals surface area contributed by atoms with Crippen molar-refractivity contribution in [3.8, 4) is 11.5 Å². The van der Waals surface area contributed by atoms with Crippen molar-refractivity contribution in [1.29, 1.82) is 0 Å². The van der Waals surface area contributed by atoms with Crippen LogP contribution in [-0.2, 0) is 19.2 Å². The minimum Gasteiger partial charge on any atom is -0.483 e. The van der Waals surface area contributed by atoms with E-state index in [1.54, 1.807) is 26.0 Å². The summed E-state index contributed by atoms with van der Waals surface area (Å²) in [5.41, 5.74) is 0. The molecule has 3 aromatic carbocycles. The maximum Gasteiger partial charge on any atom is 0.305 e. The maximum atomic E-state index is 13.8. The molecule has 0 fully saturated rings. The van der Waals surface area contributed by atoms with E-state index < -0.39 is 84.4 Å². The van der Waals surface area contributed by atoms with Crippen LogP contribution in [0.1, 0.15) is 20.3 Å². The third kappa shape index (κ3) is 7.71. The summed E-state index contributed by atoms with van der Waals surface area (Å²) in [4.78, 5) is 49.5. The Labute approximate surface area is 227 Å². The summed E-state index contributed by atoms with van der Waals surface area (Å²) in [6, 6.07) is 11.3. The number of nitrogens with one attached hydrogen (secondary N) is 2. The smallest absolute Gasteiger partial charge is 0.305 e. The number of carboxylic acids is 1. The van der Waals surface area contributed by atoms with Crippen molar-refractivity contribution >= 4 is 34.3 Å². The van der Waals surface area contributed by atoms with Gasteiger partial charge in [0.25, 0.3) is 5.91 Å². The molecule has 2 atom stereocenters. The number of hydrogen-bond acceptors (Lipinski definition) is 6. The molecular formula is C28H27F3N2O7. The van der Waals surface area contributed by atoms with Gasteiger partial charge in [-0.2, -0.15) is 4.39 Å². The summed E-state index contributed by atoms with van der Waals surface area (Å²) < 4.78 is 50.9. The third-order valence-corrected chi connectivity index (χ3v) is 5.83. The number of Topliss-reactive ketones (excluding diaryl/α,β-unsaturated/α-hetero) is 1. The second-order valence-corrected chi connectivity index (χ2v) is 9.14. The number of ether oxygens (including phenoxy) is 2. The number of hydrogen-bond donors (Lipinski definition) is 3. The molecule has 9 nitrogen and oxygen atoms in total. The fraction of sp³-hybridized carbons (Fsp3) is 0.286. The van der Waals surface area contributed by atoms with Gasteiger partial charge in [0.2, 0.25) is 11.7 Å². The van der Waals surface area contributed by atoms with E-state index in [1.807, 2.05) is 30.3 Å². The van der Waals surface area contributed by atoms with Gasteiger partial charge in [-0.05, 0) is 29.5 Å². The van der Waals surface area contributed by atoms with Crippen molar-refractivity contribution in [2.24, 2.45) is 5.92 Å². The van der Waals surface area contributed by atoms with Crippen LogP contribution >= 0.6 is 0 Å². The average molecular weight is 561 g/mol. The second kappa shape index (κ2) is 13.5. The van der Waals surface area contributed by atoms with E-state index >= 15 is 0 Å². The molecule has 0 saturated heterocycles. The molecule has 212 valence electrons. The molecule has 3 rings (SSSR count).